The van der Waals surface area contributed by atoms with E-state index in [0.29, 0.717) is 5.56 Å². The van der Waals surface area contributed by atoms with Crippen molar-refractivity contribution in [2.24, 2.45) is 0 Å². The molecule has 250 valence electrons. The number of alkyl halides is 5. The molecule has 1 amide bonds. The van der Waals surface area contributed by atoms with Crippen LogP contribution < -0.4 is 19.7 Å². The number of nitrogens with one attached hydrogen (secondary N) is 1. The number of halogens is 5. The van der Waals surface area contributed by atoms with E-state index in [1.807, 2.05) is 0 Å². The Morgan fingerprint density at radius 2 is 1.76 bits per heavy atom. The van der Waals surface area contributed by atoms with Crippen molar-refractivity contribution in [2.45, 2.75) is 49.2 Å². The van der Waals surface area contributed by atoms with E-state index < -0.39 is 65.5 Å². The van der Waals surface area contributed by atoms with E-state index in [1.165, 1.54) is 62.6 Å². The number of rotatable bonds is 13. The number of anilines is 1. The number of carbonyl (C=O) groups is 1. The van der Waals surface area contributed by atoms with Crippen molar-refractivity contribution in [3.8, 4) is 11.6 Å². The number of sulfone groups is 1. The molecule has 0 aliphatic carbocycles. The van der Waals surface area contributed by atoms with Gasteiger partial charge >= 0.3 is 12.8 Å². The van der Waals surface area contributed by atoms with Crippen LogP contribution in [0.15, 0.2) is 65.6 Å². The normalized spacial score (nSPS) is 17.6. The molecule has 3 atom stereocenters. The molecule has 46 heavy (non-hydrogen) atoms. The van der Waals surface area contributed by atoms with Gasteiger partial charge in [-0.1, -0.05) is 19.1 Å². The molecule has 1 unspecified atom stereocenters. The average molecular weight is 674 g/mol. The molecule has 0 spiro atoms. The van der Waals surface area contributed by atoms with Gasteiger partial charge in [0.2, 0.25) is 5.88 Å². The van der Waals surface area contributed by atoms with Crippen LogP contribution in [0.5, 0.6) is 11.6 Å². The molecule has 0 radical (unpaired) electrons. The smallest absolute Gasteiger partial charge is 0.416 e. The molecule has 16 heteroatoms. The van der Waals surface area contributed by atoms with Gasteiger partial charge < -0.3 is 29.5 Å². The first-order valence-electron chi connectivity index (χ1n) is 14.1. The number of aliphatic hydroxyl groups is 1. The maximum atomic E-state index is 13.2. The first-order valence-corrected chi connectivity index (χ1v) is 15.7. The lowest BCUT2D eigenvalue weighted by atomic mass is 10.1. The molecule has 1 aromatic heterocycles. The van der Waals surface area contributed by atoms with Gasteiger partial charge in [0.15, 0.2) is 9.84 Å². The fourth-order valence-corrected chi connectivity index (χ4v) is 5.84. The predicted molar refractivity (Wildman–Crippen MR) is 156 cm³/mol. The number of benzene rings is 2. The van der Waals surface area contributed by atoms with Crippen LogP contribution in [0.3, 0.4) is 0 Å². The Bertz CT molecular complexity index is 1590. The Labute approximate surface area is 262 Å². The Kier molecular flexibility index (Phi) is 11.1. The van der Waals surface area contributed by atoms with Crippen LogP contribution in [0, 0.1) is 0 Å². The molecule has 0 saturated carbocycles. The van der Waals surface area contributed by atoms with Crippen molar-refractivity contribution in [2.75, 3.05) is 37.5 Å². The summed E-state index contributed by atoms with van der Waals surface area (Å²) < 4.78 is 105. The van der Waals surface area contributed by atoms with Crippen LogP contribution in [0.1, 0.15) is 40.9 Å². The monoisotopic (exact) mass is 673 g/mol. The minimum atomic E-state index is -4.52. The number of hydrogen-bond donors (Lipinski definition) is 2. The second-order valence-corrected chi connectivity index (χ2v) is 12.6. The molecule has 2 aromatic carbocycles. The van der Waals surface area contributed by atoms with Gasteiger partial charge in [0.25, 0.3) is 5.91 Å². The molecule has 0 bridgehead atoms. The second kappa shape index (κ2) is 14.6. The number of nitrogens with zero attached hydrogens (tertiary/aromatic N) is 2. The van der Waals surface area contributed by atoms with E-state index in [2.05, 4.69) is 15.0 Å². The highest BCUT2D eigenvalue weighted by atomic mass is 32.2. The number of carbonyl (C=O) groups excluding carboxylic acids is 1. The fraction of sp³-hybridized carbons (Fsp3) is 0.400. The third-order valence-electron chi connectivity index (χ3n) is 7.36. The molecular formula is C30H32F5N3O7S. The SMILES string of the molecule is CCS(=O)(=O)c1ccc(C(CO)NC(=O)c2ccc(N3C[C@@H](Oc4ccc(C(F)(F)F)cc4)C[C@H]3COC(F)F)nc2OC)cc1. The quantitative estimate of drug-likeness (QED) is 0.250. The molecule has 4 rings (SSSR count). The predicted octanol–water partition coefficient (Wildman–Crippen LogP) is 4.63. The summed E-state index contributed by atoms with van der Waals surface area (Å²) in [5.74, 6) is -0.467. The fourth-order valence-electron chi connectivity index (χ4n) is 4.96. The Morgan fingerprint density at radius 1 is 1.09 bits per heavy atom. The summed E-state index contributed by atoms with van der Waals surface area (Å²) in [5.41, 5.74) is -0.401. The highest BCUT2D eigenvalue weighted by Gasteiger charge is 2.36. The number of ether oxygens (including phenoxy) is 3. The van der Waals surface area contributed by atoms with E-state index in [9.17, 15) is 40.3 Å². The number of aliphatic hydroxyl groups excluding tert-OH is 1. The molecule has 10 nitrogen and oxygen atoms in total. The van der Waals surface area contributed by atoms with Crippen molar-refractivity contribution >= 4 is 21.6 Å². The van der Waals surface area contributed by atoms with Crippen molar-refractivity contribution in [3.63, 3.8) is 0 Å². The lowest BCUT2D eigenvalue weighted by Gasteiger charge is -2.26. The minimum Gasteiger partial charge on any atom is -0.489 e. The number of amides is 1. The summed E-state index contributed by atoms with van der Waals surface area (Å²) >= 11 is 0. The molecule has 1 saturated heterocycles. The van der Waals surface area contributed by atoms with Crippen LogP contribution in [0.4, 0.5) is 27.8 Å². The zero-order valence-corrected chi connectivity index (χ0v) is 25.5. The highest BCUT2D eigenvalue weighted by molar-refractivity contribution is 7.91. The van der Waals surface area contributed by atoms with Gasteiger partial charge in [0.1, 0.15) is 23.2 Å². The van der Waals surface area contributed by atoms with Crippen LogP contribution in [-0.2, 0) is 20.8 Å². The lowest BCUT2D eigenvalue weighted by molar-refractivity contribution is -0.137. The Balaban J connectivity index is 1.51. The zero-order valence-electron chi connectivity index (χ0n) is 24.7. The second-order valence-electron chi connectivity index (χ2n) is 10.3. The van der Waals surface area contributed by atoms with Crippen molar-refractivity contribution in [1.82, 2.24) is 10.3 Å². The van der Waals surface area contributed by atoms with E-state index in [4.69, 9.17) is 9.47 Å². The zero-order chi connectivity index (χ0) is 33.6. The maximum Gasteiger partial charge on any atom is 0.416 e. The summed E-state index contributed by atoms with van der Waals surface area (Å²) in [4.78, 5) is 19.3. The summed E-state index contributed by atoms with van der Waals surface area (Å²) in [6.45, 7) is -2.33. The van der Waals surface area contributed by atoms with Crippen molar-refractivity contribution in [3.05, 3.63) is 77.4 Å². The third-order valence-corrected chi connectivity index (χ3v) is 9.11. The first kappa shape index (κ1) is 34.8. The summed E-state index contributed by atoms with van der Waals surface area (Å²) in [6, 6.07) is 11.2. The molecule has 1 fully saturated rings. The van der Waals surface area contributed by atoms with E-state index in [1.54, 1.807) is 4.90 Å². The van der Waals surface area contributed by atoms with E-state index in [-0.39, 0.29) is 46.6 Å². The third kappa shape index (κ3) is 8.41. The standard InChI is InChI=1S/C30H32F5N3O7S/c1-3-46(41,42)23-10-4-18(5-11-23)25(16-39)36-27(40)24-12-13-26(37-28(24)43-2)38-15-22(14-20(38)17-44-29(31)32)45-21-8-6-19(7-9-21)30(33,34)35/h4-13,20,22,25,29,39H,3,14-17H2,1-2H3,(H,36,40)/t20-,22-,25?/m0/s1. The van der Waals surface area contributed by atoms with Gasteiger partial charge in [-0.15, -0.1) is 0 Å². The highest BCUT2D eigenvalue weighted by Crippen LogP contribution is 2.33. The van der Waals surface area contributed by atoms with Crippen LogP contribution in [0.25, 0.3) is 0 Å². The molecule has 3 aromatic rings. The van der Waals surface area contributed by atoms with Gasteiger partial charge in [0.05, 0.1) is 55.2 Å². The van der Waals surface area contributed by atoms with Crippen LogP contribution in [-0.4, -0.2) is 75.8 Å². The molecular weight excluding hydrogens is 641 g/mol. The number of aromatic nitrogens is 1. The van der Waals surface area contributed by atoms with E-state index >= 15 is 0 Å². The van der Waals surface area contributed by atoms with Gasteiger partial charge in [-0.05, 0) is 54.1 Å². The minimum absolute atomic E-state index is 0.00740. The van der Waals surface area contributed by atoms with Gasteiger partial charge in [0, 0.05) is 6.42 Å². The van der Waals surface area contributed by atoms with Crippen molar-refractivity contribution in [1.29, 1.82) is 0 Å². The first-order chi connectivity index (χ1) is 21.7. The van der Waals surface area contributed by atoms with Crippen LogP contribution >= 0.6 is 0 Å². The van der Waals surface area contributed by atoms with Gasteiger partial charge in [-0.25, -0.2) is 8.42 Å². The lowest BCUT2D eigenvalue weighted by Crippen LogP contribution is -2.35. The Hall–Kier alpha value is -4.02. The Morgan fingerprint density at radius 3 is 2.33 bits per heavy atom. The largest absolute Gasteiger partial charge is 0.489 e. The van der Waals surface area contributed by atoms with Gasteiger partial charge in [-0.2, -0.15) is 26.9 Å². The molecule has 2 N–H and O–H groups in total. The summed E-state index contributed by atoms with van der Waals surface area (Å²) in [6.07, 6.45) is -4.96. The summed E-state index contributed by atoms with van der Waals surface area (Å²) in [7, 11) is -2.17. The molecule has 2 heterocycles. The topological polar surface area (TPSA) is 127 Å². The van der Waals surface area contributed by atoms with E-state index in [0.717, 1.165) is 12.1 Å². The average Bonchev–Trinajstić information content (AvgIpc) is 3.44. The number of methoxy groups -OCH3 is 1. The van der Waals surface area contributed by atoms with Crippen LogP contribution in [0.2, 0.25) is 0 Å². The number of pyridine rings is 1. The maximum absolute atomic E-state index is 13.2. The molecule has 1 aliphatic heterocycles. The molecule has 1 aliphatic rings. The summed E-state index contributed by atoms with van der Waals surface area (Å²) in [5, 5.41) is 12.6. The van der Waals surface area contributed by atoms with Crippen molar-refractivity contribution < 1.29 is 54.5 Å². The van der Waals surface area contributed by atoms with Gasteiger partial charge in [-0.3, -0.25) is 4.79 Å². The number of hydrogen-bond acceptors (Lipinski definition) is 9.